The number of nitrogens with zero attached hydrogens (tertiary/aromatic N) is 2. The number of urea groups is 1. The number of methoxy groups -OCH3 is 1. The summed E-state index contributed by atoms with van der Waals surface area (Å²) in [5, 5.41) is 2.43. The van der Waals surface area contributed by atoms with Gasteiger partial charge in [-0.25, -0.2) is 18.0 Å². The summed E-state index contributed by atoms with van der Waals surface area (Å²) in [4.78, 5) is 36.0. The molecule has 25 heavy (non-hydrogen) atoms. The van der Waals surface area contributed by atoms with E-state index in [1.807, 2.05) is 0 Å². The summed E-state index contributed by atoms with van der Waals surface area (Å²) in [6.45, 7) is 0.208. The van der Waals surface area contributed by atoms with Crippen molar-refractivity contribution in [3.8, 4) is 0 Å². The molecule has 1 unspecified atom stereocenters. The molecule has 2 fully saturated rings. The van der Waals surface area contributed by atoms with E-state index in [2.05, 4.69) is 10.1 Å². The largest absolute Gasteiger partial charge is 0.465 e. The Hall–Kier alpha value is -2.46. The molecule has 1 aromatic rings. The van der Waals surface area contributed by atoms with Gasteiger partial charge in [0.25, 0.3) is 0 Å². The van der Waals surface area contributed by atoms with Crippen LogP contribution >= 0.6 is 0 Å². The van der Waals surface area contributed by atoms with Crippen LogP contribution in [0.3, 0.4) is 0 Å². The normalized spacial score (nSPS) is 21.5. The van der Waals surface area contributed by atoms with E-state index < -0.39 is 28.1 Å². The van der Waals surface area contributed by atoms with Gasteiger partial charge in [0.15, 0.2) is 0 Å². The molecule has 3 amide bonds. The monoisotopic (exact) mass is 367 g/mol. The van der Waals surface area contributed by atoms with Crippen molar-refractivity contribution in [1.29, 1.82) is 0 Å². The van der Waals surface area contributed by atoms with Gasteiger partial charge < -0.3 is 10.1 Å². The molecule has 0 aromatic heterocycles. The predicted octanol–water partition coefficient (Wildman–Crippen LogP) is -0.212. The van der Waals surface area contributed by atoms with Crippen molar-refractivity contribution in [2.75, 3.05) is 26.7 Å². The van der Waals surface area contributed by atoms with Crippen LogP contribution < -0.4 is 5.32 Å². The van der Waals surface area contributed by atoms with Gasteiger partial charge in [0.05, 0.1) is 30.2 Å². The molecule has 10 heteroatoms. The molecule has 1 N–H and O–H groups in total. The van der Waals surface area contributed by atoms with Crippen molar-refractivity contribution >= 4 is 27.9 Å². The number of ether oxygens (including phenoxy) is 1. The summed E-state index contributed by atoms with van der Waals surface area (Å²) >= 11 is 0. The number of nitrogens with one attached hydrogen (secondary N) is 1. The summed E-state index contributed by atoms with van der Waals surface area (Å²) in [5.74, 6) is -0.902. The summed E-state index contributed by atoms with van der Waals surface area (Å²) in [6.07, 6.45) is 0.388. The van der Waals surface area contributed by atoms with Crippen molar-refractivity contribution in [2.24, 2.45) is 0 Å². The van der Waals surface area contributed by atoms with Gasteiger partial charge in [-0.2, -0.15) is 4.31 Å². The van der Waals surface area contributed by atoms with Gasteiger partial charge in [-0.15, -0.1) is 0 Å². The third-order valence-corrected chi connectivity index (χ3v) is 6.16. The third-order valence-electron chi connectivity index (χ3n) is 4.28. The standard InChI is InChI=1S/C15H17N3O6S/c1-24-14(20)10-2-4-12(5-3-10)25(22,23)17-7-6-11(9-17)18-13(19)8-16-15(18)21/h2-5,11H,6-9H2,1H3,(H,16,21). The van der Waals surface area contributed by atoms with E-state index in [4.69, 9.17) is 0 Å². The lowest BCUT2D eigenvalue weighted by Gasteiger charge is -2.21. The molecule has 0 aliphatic carbocycles. The maximum absolute atomic E-state index is 12.7. The quantitative estimate of drug-likeness (QED) is 0.582. The van der Waals surface area contributed by atoms with E-state index in [9.17, 15) is 22.8 Å². The molecular formula is C15H17N3O6S. The molecule has 9 nitrogen and oxygen atoms in total. The molecule has 2 saturated heterocycles. The van der Waals surface area contributed by atoms with Crippen LogP contribution in [0.2, 0.25) is 0 Å². The van der Waals surface area contributed by atoms with E-state index in [1.54, 1.807) is 0 Å². The number of hydrogen-bond donors (Lipinski definition) is 1. The number of benzene rings is 1. The van der Waals surface area contributed by atoms with Gasteiger partial charge >= 0.3 is 12.0 Å². The van der Waals surface area contributed by atoms with Crippen molar-refractivity contribution in [3.05, 3.63) is 29.8 Å². The zero-order chi connectivity index (χ0) is 18.2. The van der Waals surface area contributed by atoms with Crippen LogP contribution in [0.25, 0.3) is 0 Å². The number of sulfonamides is 1. The highest BCUT2D eigenvalue weighted by Crippen LogP contribution is 2.25. The summed E-state index contributed by atoms with van der Waals surface area (Å²) in [5.41, 5.74) is 0.250. The van der Waals surface area contributed by atoms with Crippen molar-refractivity contribution in [2.45, 2.75) is 17.4 Å². The Morgan fingerprint density at radius 3 is 2.48 bits per heavy atom. The molecule has 0 bridgehead atoms. The van der Waals surface area contributed by atoms with E-state index in [0.29, 0.717) is 6.42 Å². The molecule has 134 valence electrons. The van der Waals surface area contributed by atoms with Gasteiger partial charge in [0, 0.05) is 13.1 Å². The molecule has 1 atom stereocenters. The van der Waals surface area contributed by atoms with Gasteiger partial charge in [0.2, 0.25) is 15.9 Å². The minimum atomic E-state index is -3.77. The molecule has 3 rings (SSSR count). The molecule has 2 heterocycles. The number of imide groups is 1. The third kappa shape index (κ3) is 3.10. The van der Waals surface area contributed by atoms with Crippen molar-refractivity contribution < 1.29 is 27.5 Å². The van der Waals surface area contributed by atoms with Crippen LogP contribution in [0, 0.1) is 0 Å². The number of carbonyl (C=O) groups is 3. The van der Waals surface area contributed by atoms with Crippen LogP contribution in [0.15, 0.2) is 29.2 Å². The Labute approximate surface area is 144 Å². The number of carbonyl (C=O) groups excluding carboxylic acids is 3. The van der Waals surface area contributed by atoms with Crippen LogP contribution in [0.1, 0.15) is 16.8 Å². The molecular weight excluding hydrogens is 350 g/mol. The zero-order valence-electron chi connectivity index (χ0n) is 13.5. The number of esters is 1. The molecule has 0 spiro atoms. The SMILES string of the molecule is COC(=O)c1ccc(S(=O)(=O)N2CCC(N3C(=O)CNC3=O)C2)cc1. The minimum Gasteiger partial charge on any atom is -0.465 e. The highest BCUT2D eigenvalue weighted by molar-refractivity contribution is 7.89. The lowest BCUT2D eigenvalue weighted by molar-refractivity contribution is -0.126. The zero-order valence-corrected chi connectivity index (χ0v) is 14.3. The highest BCUT2D eigenvalue weighted by Gasteiger charge is 2.41. The van der Waals surface area contributed by atoms with Crippen LogP contribution in [0.5, 0.6) is 0 Å². The van der Waals surface area contributed by atoms with E-state index in [1.165, 1.54) is 35.7 Å². The van der Waals surface area contributed by atoms with E-state index in [0.717, 1.165) is 4.90 Å². The average molecular weight is 367 g/mol. The first-order valence-corrected chi connectivity index (χ1v) is 9.07. The lowest BCUT2D eigenvalue weighted by Crippen LogP contribution is -2.42. The first kappa shape index (κ1) is 17.4. The fourth-order valence-corrected chi connectivity index (χ4v) is 4.47. The maximum atomic E-state index is 12.7. The van der Waals surface area contributed by atoms with Gasteiger partial charge in [-0.3, -0.25) is 9.69 Å². The second kappa shape index (κ2) is 6.45. The fraction of sp³-hybridized carbons (Fsp3) is 0.400. The van der Waals surface area contributed by atoms with Crippen molar-refractivity contribution in [1.82, 2.24) is 14.5 Å². The predicted molar refractivity (Wildman–Crippen MR) is 85.2 cm³/mol. The Balaban J connectivity index is 1.76. The second-order valence-electron chi connectivity index (χ2n) is 5.74. The molecule has 2 aliphatic rings. The van der Waals surface area contributed by atoms with Gasteiger partial charge in [0.1, 0.15) is 0 Å². The lowest BCUT2D eigenvalue weighted by atomic mass is 10.2. The van der Waals surface area contributed by atoms with E-state index >= 15 is 0 Å². The maximum Gasteiger partial charge on any atom is 0.337 e. The number of rotatable bonds is 4. The Kier molecular flexibility index (Phi) is 4.48. The topological polar surface area (TPSA) is 113 Å². The summed E-state index contributed by atoms with van der Waals surface area (Å²) in [7, 11) is -2.53. The Bertz CT molecular complexity index is 804. The average Bonchev–Trinajstić information content (AvgIpc) is 3.21. The van der Waals surface area contributed by atoms with Crippen LogP contribution in [0.4, 0.5) is 4.79 Å². The van der Waals surface area contributed by atoms with Gasteiger partial charge in [-0.05, 0) is 30.7 Å². The number of amides is 3. The molecule has 1 aromatic carbocycles. The number of hydrogen-bond acceptors (Lipinski definition) is 6. The summed E-state index contributed by atoms with van der Waals surface area (Å²) in [6, 6.07) is 4.47. The Morgan fingerprint density at radius 2 is 1.92 bits per heavy atom. The molecule has 0 saturated carbocycles. The van der Waals surface area contributed by atoms with Gasteiger partial charge in [-0.1, -0.05) is 0 Å². The highest BCUT2D eigenvalue weighted by atomic mass is 32.2. The smallest absolute Gasteiger partial charge is 0.337 e. The molecule has 2 aliphatic heterocycles. The summed E-state index contributed by atoms with van der Waals surface area (Å²) < 4.78 is 31.2. The molecule has 0 radical (unpaired) electrons. The fourth-order valence-electron chi connectivity index (χ4n) is 2.97. The van der Waals surface area contributed by atoms with E-state index in [-0.39, 0.29) is 36.0 Å². The van der Waals surface area contributed by atoms with Crippen LogP contribution in [-0.4, -0.2) is 68.3 Å². The van der Waals surface area contributed by atoms with Crippen LogP contribution in [-0.2, 0) is 19.6 Å². The first-order chi connectivity index (χ1) is 11.8. The first-order valence-electron chi connectivity index (χ1n) is 7.63. The second-order valence-corrected chi connectivity index (χ2v) is 7.68. The minimum absolute atomic E-state index is 0.0398. The van der Waals surface area contributed by atoms with Crippen molar-refractivity contribution in [3.63, 3.8) is 0 Å². The Morgan fingerprint density at radius 1 is 1.24 bits per heavy atom.